The van der Waals surface area contributed by atoms with E-state index >= 15 is 0 Å². The van der Waals surface area contributed by atoms with E-state index in [0.717, 1.165) is 25.2 Å². The molecule has 1 unspecified atom stereocenters. The maximum atomic E-state index is 6.52. The van der Waals surface area contributed by atoms with Crippen molar-refractivity contribution in [2.24, 2.45) is 0 Å². The summed E-state index contributed by atoms with van der Waals surface area (Å²) in [6, 6.07) is 30.0. The van der Waals surface area contributed by atoms with Crippen LogP contribution in [-0.4, -0.2) is 94.9 Å². The van der Waals surface area contributed by atoms with Gasteiger partial charge in [0.05, 0.1) is 46.2 Å². The second-order valence-electron chi connectivity index (χ2n) is 10.8. The SMILES string of the molecule is c1ccc(CN2CCOCCO[C@@H]3[C@@H](OCCOCC2)[C@H](Oc2ccccc2)O[C@@H]2COC(c4ccccc4)O[C@@H]32)cc1. The van der Waals surface area contributed by atoms with Gasteiger partial charge in [-0.1, -0.05) is 78.9 Å². The number of fused-ring (bicyclic) bond motifs is 3. The van der Waals surface area contributed by atoms with Crippen molar-refractivity contribution < 1.29 is 37.9 Å². The molecule has 9 nitrogen and oxygen atoms in total. The Morgan fingerprint density at radius 3 is 1.93 bits per heavy atom. The maximum Gasteiger partial charge on any atom is 0.229 e. The highest BCUT2D eigenvalue weighted by molar-refractivity contribution is 5.22. The van der Waals surface area contributed by atoms with Crippen LogP contribution in [0, 0.1) is 0 Å². The molecule has 0 amide bonds. The smallest absolute Gasteiger partial charge is 0.229 e. The molecule has 0 radical (unpaired) electrons. The molecule has 0 N–H and O–H groups in total. The van der Waals surface area contributed by atoms with E-state index in [1.165, 1.54) is 5.56 Å². The Hall–Kier alpha value is -2.86. The fourth-order valence-electron chi connectivity index (χ4n) is 5.61. The molecule has 3 heterocycles. The van der Waals surface area contributed by atoms with Gasteiger partial charge < -0.3 is 37.9 Å². The molecule has 0 aromatic heterocycles. The van der Waals surface area contributed by atoms with Gasteiger partial charge in [-0.05, 0) is 17.7 Å². The van der Waals surface area contributed by atoms with Gasteiger partial charge in [0, 0.05) is 25.2 Å². The zero-order valence-corrected chi connectivity index (χ0v) is 24.4. The molecule has 3 aromatic rings. The molecule has 0 spiro atoms. The number of para-hydroxylation sites is 1. The Kier molecular flexibility index (Phi) is 11.0. The van der Waals surface area contributed by atoms with Crippen LogP contribution >= 0.6 is 0 Å². The lowest BCUT2D eigenvalue weighted by molar-refractivity contribution is -0.360. The molecule has 3 aliphatic rings. The van der Waals surface area contributed by atoms with Gasteiger partial charge >= 0.3 is 0 Å². The van der Waals surface area contributed by atoms with Crippen molar-refractivity contribution in [3.8, 4) is 5.75 Å². The first-order chi connectivity index (χ1) is 21.3. The molecule has 6 atom stereocenters. The van der Waals surface area contributed by atoms with E-state index < -0.39 is 37.0 Å². The molecule has 43 heavy (non-hydrogen) atoms. The van der Waals surface area contributed by atoms with Crippen molar-refractivity contribution in [2.75, 3.05) is 59.3 Å². The first kappa shape index (κ1) is 30.2. The first-order valence-electron chi connectivity index (χ1n) is 15.2. The van der Waals surface area contributed by atoms with Crippen LogP contribution in [0.4, 0.5) is 0 Å². The normalized spacial score (nSPS) is 29.8. The highest BCUT2D eigenvalue weighted by Gasteiger charge is 2.52. The lowest BCUT2D eigenvalue weighted by Gasteiger charge is -2.48. The Labute approximate surface area is 253 Å². The molecular formula is C34H41NO8. The Morgan fingerprint density at radius 1 is 0.605 bits per heavy atom. The van der Waals surface area contributed by atoms with Gasteiger partial charge in [-0.2, -0.15) is 0 Å². The minimum absolute atomic E-state index is 0.336. The number of nitrogens with zero attached hydrogens (tertiary/aromatic N) is 1. The van der Waals surface area contributed by atoms with Crippen LogP contribution in [0.2, 0.25) is 0 Å². The Balaban J connectivity index is 1.16. The molecule has 3 saturated heterocycles. The number of hydrogen-bond acceptors (Lipinski definition) is 9. The van der Waals surface area contributed by atoms with Gasteiger partial charge in [0.15, 0.2) is 6.29 Å². The van der Waals surface area contributed by atoms with Crippen LogP contribution < -0.4 is 4.74 Å². The summed E-state index contributed by atoms with van der Waals surface area (Å²) in [6.45, 7) is 5.55. The average Bonchev–Trinajstić information content (AvgIpc) is 3.06. The van der Waals surface area contributed by atoms with Crippen molar-refractivity contribution in [1.82, 2.24) is 4.90 Å². The summed E-state index contributed by atoms with van der Waals surface area (Å²) in [6.07, 6.45) is -3.15. The zero-order valence-electron chi connectivity index (χ0n) is 24.4. The van der Waals surface area contributed by atoms with E-state index in [1.807, 2.05) is 66.7 Å². The number of benzene rings is 3. The number of hydrogen-bond donors (Lipinski definition) is 0. The summed E-state index contributed by atoms with van der Waals surface area (Å²) < 4.78 is 50.4. The van der Waals surface area contributed by atoms with Crippen LogP contribution in [0.5, 0.6) is 5.75 Å². The van der Waals surface area contributed by atoms with Gasteiger partial charge in [0.25, 0.3) is 0 Å². The Bertz CT molecular complexity index is 1200. The van der Waals surface area contributed by atoms with Gasteiger partial charge in [-0.3, -0.25) is 4.90 Å². The van der Waals surface area contributed by atoms with Crippen LogP contribution in [0.25, 0.3) is 0 Å². The van der Waals surface area contributed by atoms with Crippen LogP contribution in [-0.2, 0) is 39.7 Å². The predicted octanol–water partition coefficient (Wildman–Crippen LogP) is 4.22. The summed E-state index contributed by atoms with van der Waals surface area (Å²) >= 11 is 0. The van der Waals surface area contributed by atoms with Crippen LogP contribution in [0.1, 0.15) is 17.4 Å². The van der Waals surface area contributed by atoms with Crippen molar-refractivity contribution in [2.45, 2.75) is 43.5 Å². The molecule has 3 aromatic carbocycles. The van der Waals surface area contributed by atoms with Crippen molar-refractivity contribution >= 4 is 0 Å². The lowest BCUT2D eigenvalue weighted by atomic mass is 9.97. The minimum Gasteiger partial charge on any atom is -0.462 e. The molecule has 0 bridgehead atoms. The van der Waals surface area contributed by atoms with Crippen molar-refractivity contribution in [3.05, 3.63) is 102 Å². The summed E-state index contributed by atoms with van der Waals surface area (Å²) in [7, 11) is 0. The van der Waals surface area contributed by atoms with E-state index in [0.29, 0.717) is 52.0 Å². The highest BCUT2D eigenvalue weighted by atomic mass is 16.8. The van der Waals surface area contributed by atoms with E-state index in [2.05, 4.69) is 29.2 Å². The molecular weight excluding hydrogens is 550 g/mol. The molecule has 6 rings (SSSR count). The quantitative estimate of drug-likeness (QED) is 0.434. The maximum absolute atomic E-state index is 6.52. The third-order valence-electron chi connectivity index (χ3n) is 7.78. The van der Waals surface area contributed by atoms with Gasteiger partial charge in [0.1, 0.15) is 30.2 Å². The summed E-state index contributed by atoms with van der Waals surface area (Å²) in [5.74, 6) is 0.682. The van der Waals surface area contributed by atoms with E-state index in [9.17, 15) is 0 Å². The molecule has 0 saturated carbocycles. The summed E-state index contributed by atoms with van der Waals surface area (Å²) in [5.41, 5.74) is 2.20. The number of rotatable bonds is 5. The molecule has 3 aliphatic heterocycles. The molecule has 9 heteroatoms. The minimum atomic E-state index is -0.730. The van der Waals surface area contributed by atoms with Gasteiger partial charge in [-0.15, -0.1) is 0 Å². The summed E-state index contributed by atoms with van der Waals surface area (Å²) in [5, 5.41) is 0. The Morgan fingerprint density at radius 2 is 1.23 bits per heavy atom. The first-order valence-corrected chi connectivity index (χ1v) is 15.2. The average molecular weight is 592 g/mol. The molecule has 3 fully saturated rings. The fourth-order valence-corrected chi connectivity index (χ4v) is 5.61. The standard InChI is InChI=1S/C34H41NO8/c1-4-10-26(11-5-1)24-35-16-18-36-20-22-38-31-30-29(25-40-33(43-30)27-12-6-2-7-13-27)42-34(41-28-14-8-3-9-15-28)32(31)39-23-21-37-19-17-35/h1-15,29-34H,16-25H2/t29-,30-,31+,32-,33?,34-/m1/s1. The number of ether oxygens (including phenoxy) is 8. The molecule has 0 aliphatic carbocycles. The van der Waals surface area contributed by atoms with Crippen molar-refractivity contribution in [1.29, 1.82) is 0 Å². The topological polar surface area (TPSA) is 77.1 Å². The summed E-state index contributed by atoms with van der Waals surface area (Å²) in [4.78, 5) is 2.35. The third kappa shape index (κ3) is 8.41. The van der Waals surface area contributed by atoms with E-state index in [1.54, 1.807) is 0 Å². The predicted molar refractivity (Wildman–Crippen MR) is 159 cm³/mol. The lowest BCUT2D eigenvalue weighted by Crippen LogP contribution is -2.64. The second-order valence-corrected chi connectivity index (χ2v) is 10.8. The highest BCUT2D eigenvalue weighted by Crippen LogP contribution is 2.37. The zero-order chi connectivity index (χ0) is 29.1. The van der Waals surface area contributed by atoms with Crippen molar-refractivity contribution in [3.63, 3.8) is 0 Å². The largest absolute Gasteiger partial charge is 0.462 e. The van der Waals surface area contributed by atoms with Crippen LogP contribution in [0.15, 0.2) is 91.0 Å². The van der Waals surface area contributed by atoms with E-state index in [4.69, 9.17) is 37.9 Å². The van der Waals surface area contributed by atoms with Gasteiger partial charge in [0.2, 0.25) is 6.29 Å². The van der Waals surface area contributed by atoms with E-state index in [-0.39, 0.29) is 0 Å². The van der Waals surface area contributed by atoms with Gasteiger partial charge in [-0.25, -0.2) is 0 Å². The monoisotopic (exact) mass is 591 g/mol. The third-order valence-corrected chi connectivity index (χ3v) is 7.78. The fraction of sp³-hybridized carbons (Fsp3) is 0.471. The molecule has 230 valence electrons. The second kappa shape index (κ2) is 15.7. The van der Waals surface area contributed by atoms with Crippen LogP contribution in [0.3, 0.4) is 0 Å².